The maximum absolute atomic E-state index is 12.8. The number of carbonyl (C=O) groups excluding carboxylic acids is 1. The molecule has 1 aliphatic heterocycles. The number of carbonyl (C=O) groups is 1. The molecule has 1 aliphatic rings. The van der Waals surface area contributed by atoms with Crippen LogP contribution in [0.2, 0.25) is 0 Å². The second-order valence-electron chi connectivity index (χ2n) is 7.30. The van der Waals surface area contributed by atoms with Crippen LogP contribution in [-0.2, 0) is 14.8 Å². The van der Waals surface area contributed by atoms with Crippen LogP contribution in [0.25, 0.3) is 0 Å². The molecule has 9 heteroatoms. The molecule has 1 aromatic heterocycles. The second kappa shape index (κ2) is 9.47. The number of hydrogen-bond donors (Lipinski definition) is 1. The number of morpholine rings is 1. The number of aromatic nitrogens is 1. The lowest BCUT2D eigenvalue weighted by Crippen LogP contribution is -2.40. The number of hydrogen-bond acceptors (Lipinski definition) is 6. The number of sulfonamides is 1. The minimum Gasteiger partial charge on any atom is -0.439 e. The molecule has 1 fully saturated rings. The number of amides is 1. The fourth-order valence-electron chi connectivity index (χ4n) is 3.18. The highest BCUT2D eigenvalue weighted by molar-refractivity contribution is 7.89. The summed E-state index contributed by atoms with van der Waals surface area (Å²) < 4.78 is 38.0. The van der Waals surface area contributed by atoms with Crippen LogP contribution >= 0.6 is 0 Å². The smallest absolute Gasteiger partial charge is 0.255 e. The first kappa shape index (κ1) is 21.9. The molecule has 1 saturated heterocycles. The molecule has 0 radical (unpaired) electrons. The summed E-state index contributed by atoms with van der Waals surface area (Å²) in [5, 5.41) is 2.73. The first-order valence-corrected chi connectivity index (χ1v) is 11.6. The maximum atomic E-state index is 12.8. The van der Waals surface area contributed by atoms with Gasteiger partial charge >= 0.3 is 0 Å². The number of aryl methyl sites for hydroxylation is 1. The van der Waals surface area contributed by atoms with Crippen LogP contribution in [0.3, 0.4) is 0 Å². The van der Waals surface area contributed by atoms with Gasteiger partial charge in [-0.2, -0.15) is 4.31 Å². The third kappa shape index (κ3) is 5.13. The van der Waals surface area contributed by atoms with Gasteiger partial charge in [-0.3, -0.25) is 4.79 Å². The Kier molecular flexibility index (Phi) is 6.50. The average molecular weight is 454 g/mol. The van der Waals surface area contributed by atoms with Gasteiger partial charge in [0.2, 0.25) is 15.9 Å². The summed E-state index contributed by atoms with van der Waals surface area (Å²) in [5.74, 6) is 0.627. The number of nitrogens with zero attached hydrogens (tertiary/aromatic N) is 2. The lowest BCUT2D eigenvalue weighted by Gasteiger charge is -2.26. The fraction of sp³-hybridized carbons (Fsp3) is 0.217. The van der Waals surface area contributed by atoms with E-state index in [1.807, 2.05) is 31.2 Å². The number of anilines is 1. The normalized spacial score (nSPS) is 14.7. The van der Waals surface area contributed by atoms with Gasteiger partial charge in [0.15, 0.2) is 0 Å². The SMILES string of the molecule is Cc1ccc(Oc2ccc(NC(=O)c3cccc(S(=O)(=O)N4CCOCC4)c3)cn2)cc1. The van der Waals surface area contributed by atoms with E-state index in [0.29, 0.717) is 43.6 Å². The van der Waals surface area contributed by atoms with Crippen molar-refractivity contribution < 1.29 is 22.7 Å². The number of nitrogens with one attached hydrogen (secondary N) is 1. The van der Waals surface area contributed by atoms with Crippen LogP contribution in [0.5, 0.6) is 11.6 Å². The molecule has 4 rings (SSSR count). The molecule has 3 aromatic rings. The molecule has 0 saturated carbocycles. The molecular weight excluding hydrogens is 430 g/mol. The number of pyridine rings is 1. The highest BCUT2D eigenvalue weighted by Gasteiger charge is 2.26. The van der Waals surface area contributed by atoms with Crippen LogP contribution in [0.1, 0.15) is 15.9 Å². The summed E-state index contributed by atoms with van der Waals surface area (Å²) >= 11 is 0. The van der Waals surface area contributed by atoms with Gasteiger partial charge in [0.25, 0.3) is 5.91 Å². The minimum absolute atomic E-state index is 0.0759. The van der Waals surface area contributed by atoms with Gasteiger partial charge in [0.05, 0.1) is 30.0 Å². The van der Waals surface area contributed by atoms with Gasteiger partial charge in [-0.05, 0) is 43.3 Å². The Labute approximate surface area is 186 Å². The molecule has 0 atom stereocenters. The zero-order valence-electron chi connectivity index (χ0n) is 17.5. The Bertz CT molecular complexity index is 1190. The predicted octanol–water partition coefficient (Wildman–Crippen LogP) is 3.46. The summed E-state index contributed by atoms with van der Waals surface area (Å²) in [6.45, 7) is 3.29. The molecule has 2 heterocycles. The zero-order valence-corrected chi connectivity index (χ0v) is 18.3. The number of benzene rings is 2. The third-order valence-electron chi connectivity index (χ3n) is 4.94. The van der Waals surface area contributed by atoms with Crippen molar-refractivity contribution in [2.75, 3.05) is 31.6 Å². The van der Waals surface area contributed by atoms with Gasteiger partial charge < -0.3 is 14.8 Å². The molecule has 0 aliphatic carbocycles. The van der Waals surface area contributed by atoms with E-state index in [1.165, 1.54) is 22.6 Å². The second-order valence-corrected chi connectivity index (χ2v) is 9.24. The van der Waals surface area contributed by atoms with E-state index >= 15 is 0 Å². The van der Waals surface area contributed by atoms with E-state index in [1.54, 1.807) is 24.3 Å². The molecular formula is C23H23N3O5S. The van der Waals surface area contributed by atoms with Crippen LogP contribution < -0.4 is 10.1 Å². The van der Waals surface area contributed by atoms with Crippen molar-refractivity contribution in [3.63, 3.8) is 0 Å². The minimum atomic E-state index is -3.68. The molecule has 2 aromatic carbocycles. The standard InChI is InChI=1S/C23H23N3O5S/c1-17-5-8-20(9-6-17)31-22-10-7-19(16-24-22)25-23(27)18-3-2-4-21(15-18)32(28,29)26-11-13-30-14-12-26/h2-10,15-16H,11-14H2,1H3,(H,25,27). The van der Waals surface area contributed by atoms with Crippen LogP contribution in [-0.4, -0.2) is 49.9 Å². The van der Waals surface area contributed by atoms with Gasteiger partial charge in [0, 0.05) is 24.7 Å². The fourth-order valence-corrected chi connectivity index (χ4v) is 4.63. The Morgan fingerprint density at radius 1 is 1.06 bits per heavy atom. The molecule has 0 bridgehead atoms. The molecule has 8 nitrogen and oxygen atoms in total. The molecule has 1 amide bonds. The highest BCUT2D eigenvalue weighted by atomic mass is 32.2. The zero-order chi connectivity index (χ0) is 22.6. The predicted molar refractivity (Wildman–Crippen MR) is 119 cm³/mol. The lowest BCUT2D eigenvalue weighted by molar-refractivity contribution is 0.0730. The summed E-state index contributed by atoms with van der Waals surface area (Å²) in [7, 11) is -3.68. The Hall–Kier alpha value is -3.27. The quantitative estimate of drug-likeness (QED) is 0.614. The van der Waals surface area contributed by atoms with Crippen molar-refractivity contribution in [1.29, 1.82) is 0 Å². The number of rotatable bonds is 6. The molecule has 0 spiro atoms. The van der Waals surface area contributed by atoms with Crippen molar-refractivity contribution >= 4 is 21.6 Å². The first-order valence-electron chi connectivity index (χ1n) is 10.1. The highest BCUT2D eigenvalue weighted by Crippen LogP contribution is 2.22. The summed E-state index contributed by atoms with van der Waals surface area (Å²) in [5.41, 5.74) is 1.83. The van der Waals surface area contributed by atoms with E-state index in [2.05, 4.69) is 10.3 Å². The van der Waals surface area contributed by atoms with Crippen LogP contribution in [0.4, 0.5) is 5.69 Å². The number of ether oxygens (including phenoxy) is 2. The monoisotopic (exact) mass is 453 g/mol. The van der Waals surface area contributed by atoms with Crippen molar-refractivity contribution in [2.45, 2.75) is 11.8 Å². The van der Waals surface area contributed by atoms with E-state index in [9.17, 15) is 13.2 Å². The molecule has 32 heavy (non-hydrogen) atoms. The largest absolute Gasteiger partial charge is 0.439 e. The lowest BCUT2D eigenvalue weighted by atomic mass is 10.2. The van der Waals surface area contributed by atoms with E-state index < -0.39 is 15.9 Å². The summed E-state index contributed by atoms with van der Waals surface area (Å²) in [6.07, 6.45) is 1.48. The van der Waals surface area contributed by atoms with Crippen molar-refractivity contribution in [3.8, 4) is 11.6 Å². The van der Waals surface area contributed by atoms with E-state index in [-0.39, 0.29) is 10.5 Å². The average Bonchev–Trinajstić information content (AvgIpc) is 2.82. The third-order valence-corrected chi connectivity index (χ3v) is 6.84. The van der Waals surface area contributed by atoms with Crippen LogP contribution in [0, 0.1) is 6.92 Å². The van der Waals surface area contributed by atoms with Gasteiger partial charge in [-0.1, -0.05) is 23.8 Å². The Morgan fingerprint density at radius 2 is 1.81 bits per heavy atom. The van der Waals surface area contributed by atoms with E-state index in [0.717, 1.165) is 5.56 Å². The molecule has 1 N–H and O–H groups in total. The Balaban J connectivity index is 1.43. The van der Waals surface area contributed by atoms with E-state index in [4.69, 9.17) is 9.47 Å². The Morgan fingerprint density at radius 3 is 2.50 bits per heavy atom. The summed E-state index contributed by atoms with van der Waals surface area (Å²) in [6, 6.07) is 16.9. The van der Waals surface area contributed by atoms with Gasteiger partial charge in [-0.15, -0.1) is 0 Å². The molecule has 166 valence electrons. The first-order chi connectivity index (χ1) is 15.4. The van der Waals surface area contributed by atoms with Gasteiger partial charge in [0.1, 0.15) is 5.75 Å². The molecule has 0 unspecified atom stereocenters. The van der Waals surface area contributed by atoms with Crippen molar-refractivity contribution in [2.24, 2.45) is 0 Å². The summed E-state index contributed by atoms with van der Waals surface area (Å²) in [4.78, 5) is 17.0. The maximum Gasteiger partial charge on any atom is 0.255 e. The van der Waals surface area contributed by atoms with Crippen molar-refractivity contribution in [1.82, 2.24) is 9.29 Å². The van der Waals surface area contributed by atoms with Crippen molar-refractivity contribution in [3.05, 3.63) is 78.0 Å². The topological polar surface area (TPSA) is 97.8 Å². The van der Waals surface area contributed by atoms with Gasteiger partial charge in [-0.25, -0.2) is 13.4 Å². The van der Waals surface area contributed by atoms with Crippen LogP contribution in [0.15, 0.2) is 71.8 Å².